The van der Waals surface area contributed by atoms with Crippen molar-refractivity contribution >= 4 is 0 Å². The van der Waals surface area contributed by atoms with Crippen molar-refractivity contribution in [3.63, 3.8) is 0 Å². The summed E-state index contributed by atoms with van der Waals surface area (Å²) in [6.07, 6.45) is 2.86. The van der Waals surface area contributed by atoms with E-state index in [4.69, 9.17) is 5.73 Å². The molecule has 0 amide bonds. The zero-order chi connectivity index (χ0) is 14.1. The van der Waals surface area contributed by atoms with Gasteiger partial charge in [0.05, 0.1) is 6.54 Å². The third-order valence-corrected chi connectivity index (χ3v) is 3.70. The summed E-state index contributed by atoms with van der Waals surface area (Å²) in [4.78, 5) is 12.2. The maximum Gasteiger partial charge on any atom is 0.346 e. The van der Waals surface area contributed by atoms with Crippen molar-refractivity contribution < 1.29 is 4.39 Å². The predicted octanol–water partition coefficient (Wildman–Crippen LogP) is 1.03. The Bertz CT molecular complexity index is 689. The molecule has 2 N–H and O–H groups in total. The summed E-state index contributed by atoms with van der Waals surface area (Å²) < 4.78 is 16.9. The second-order valence-corrected chi connectivity index (χ2v) is 5.10. The largest absolute Gasteiger partial charge is 0.346 e. The molecule has 0 saturated carbocycles. The third kappa shape index (κ3) is 2.27. The monoisotopic (exact) mass is 276 g/mol. The predicted molar refractivity (Wildman–Crippen MR) is 72.8 cm³/mol. The molecule has 0 aliphatic carbocycles. The van der Waals surface area contributed by atoms with Gasteiger partial charge in [0.1, 0.15) is 11.6 Å². The van der Waals surface area contributed by atoms with Crippen LogP contribution in [0.3, 0.4) is 0 Å². The average molecular weight is 276 g/mol. The van der Waals surface area contributed by atoms with E-state index in [0.717, 1.165) is 30.7 Å². The second-order valence-electron chi connectivity index (χ2n) is 5.10. The smallest absolute Gasteiger partial charge is 0.326 e. The van der Waals surface area contributed by atoms with E-state index >= 15 is 0 Å². The van der Waals surface area contributed by atoms with E-state index in [1.54, 1.807) is 16.7 Å². The molecule has 0 bridgehead atoms. The molecule has 1 aliphatic rings. The van der Waals surface area contributed by atoms with Gasteiger partial charge >= 0.3 is 5.69 Å². The van der Waals surface area contributed by atoms with Gasteiger partial charge < -0.3 is 5.73 Å². The number of aryl methyl sites for hydroxylation is 1. The topological polar surface area (TPSA) is 65.8 Å². The number of rotatable bonds is 3. The number of benzene rings is 1. The van der Waals surface area contributed by atoms with Crippen molar-refractivity contribution in [3.8, 4) is 0 Å². The first-order valence-corrected chi connectivity index (χ1v) is 6.83. The molecular weight excluding hydrogens is 259 g/mol. The molecule has 6 heteroatoms. The zero-order valence-corrected chi connectivity index (χ0v) is 11.2. The first-order chi connectivity index (χ1) is 9.69. The Morgan fingerprint density at radius 2 is 2.20 bits per heavy atom. The molecule has 2 aromatic rings. The number of nitrogens with two attached hydrogens (primary N) is 1. The van der Waals surface area contributed by atoms with Crippen LogP contribution in [0.5, 0.6) is 0 Å². The van der Waals surface area contributed by atoms with Crippen LogP contribution in [-0.4, -0.2) is 14.3 Å². The second kappa shape index (κ2) is 5.20. The van der Waals surface area contributed by atoms with Gasteiger partial charge in [0.15, 0.2) is 0 Å². The standard InChI is InChI=1S/C14H17FN4O/c15-12-5-4-10(8-16)7-11(12)9-19-14(20)18-6-2-1-3-13(18)17-19/h4-5,7H,1-3,6,8-9,16H2. The van der Waals surface area contributed by atoms with Gasteiger partial charge in [-0.15, -0.1) is 0 Å². The highest BCUT2D eigenvalue weighted by Crippen LogP contribution is 2.13. The molecule has 20 heavy (non-hydrogen) atoms. The molecule has 106 valence electrons. The number of aromatic nitrogens is 3. The summed E-state index contributed by atoms with van der Waals surface area (Å²) in [5.41, 5.74) is 6.70. The van der Waals surface area contributed by atoms with Crippen LogP contribution < -0.4 is 11.4 Å². The molecule has 0 fully saturated rings. The molecule has 0 spiro atoms. The van der Waals surface area contributed by atoms with Crippen molar-refractivity contribution in [2.45, 2.75) is 38.9 Å². The fourth-order valence-corrected chi connectivity index (χ4v) is 2.59. The van der Waals surface area contributed by atoms with Crippen LogP contribution in [0.4, 0.5) is 4.39 Å². The fraction of sp³-hybridized carbons (Fsp3) is 0.429. The lowest BCUT2D eigenvalue weighted by Gasteiger charge is -2.09. The number of hydrogen-bond acceptors (Lipinski definition) is 3. The summed E-state index contributed by atoms with van der Waals surface area (Å²) in [5.74, 6) is 0.469. The van der Waals surface area contributed by atoms with Gasteiger partial charge in [-0.05, 0) is 30.5 Å². The van der Waals surface area contributed by atoms with Crippen molar-refractivity contribution in [2.24, 2.45) is 5.73 Å². The van der Waals surface area contributed by atoms with E-state index in [0.29, 0.717) is 18.7 Å². The first kappa shape index (κ1) is 13.1. The van der Waals surface area contributed by atoms with Gasteiger partial charge in [0, 0.05) is 25.1 Å². The van der Waals surface area contributed by atoms with E-state index in [1.165, 1.54) is 10.7 Å². The van der Waals surface area contributed by atoms with Gasteiger partial charge in [-0.25, -0.2) is 13.9 Å². The number of nitrogens with zero attached hydrogens (tertiary/aromatic N) is 3. The minimum absolute atomic E-state index is 0.151. The molecular formula is C14H17FN4O. The third-order valence-electron chi connectivity index (χ3n) is 3.70. The Balaban J connectivity index is 1.95. The van der Waals surface area contributed by atoms with Crippen LogP contribution in [0.2, 0.25) is 0 Å². The zero-order valence-electron chi connectivity index (χ0n) is 11.2. The molecule has 3 rings (SSSR count). The van der Waals surface area contributed by atoms with E-state index in [-0.39, 0.29) is 18.1 Å². The number of halogens is 1. The lowest BCUT2D eigenvalue weighted by atomic mass is 10.1. The Morgan fingerprint density at radius 1 is 1.35 bits per heavy atom. The SMILES string of the molecule is NCc1ccc(F)c(Cn2nc3n(c2=O)CCCC3)c1. The van der Waals surface area contributed by atoms with Crippen LogP contribution in [-0.2, 0) is 26.1 Å². The summed E-state index contributed by atoms with van der Waals surface area (Å²) in [6.45, 7) is 1.21. The Morgan fingerprint density at radius 3 is 2.95 bits per heavy atom. The molecule has 2 heterocycles. The summed E-state index contributed by atoms with van der Waals surface area (Å²) in [5, 5.41) is 4.31. The van der Waals surface area contributed by atoms with Crippen LogP contribution in [0.1, 0.15) is 29.8 Å². The molecule has 1 aliphatic heterocycles. The Hall–Kier alpha value is -1.95. The van der Waals surface area contributed by atoms with Gasteiger partial charge in [0.2, 0.25) is 0 Å². The van der Waals surface area contributed by atoms with Crippen LogP contribution in [0.25, 0.3) is 0 Å². The Labute approximate surface area is 115 Å². The Kier molecular flexibility index (Phi) is 3.40. The maximum atomic E-state index is 13.8. The summed E-state index contributed by atoms with van der Waals surface area (Å²) >= 11 is 0. The highest BCUT2D eigenvalue weighted by molar-refractivity contribution is 5.25. The normalized spacial score (nSPS) is 14.3. The fourth-order valence-electron chi connectivity index (χ4n) is 2.59. The van der Waals surface area contributed by atoms with E-state index in [9.17, 15) is 9.18 Å². The van der Waals surface area contributed by atoms with E-state index in [1.807, 2.05) is 0 Å². The highest BCUT2D eigenvalue weighted by atomic mass is 19.1. The minimum Gasteiger partial charge on any atom is -0.326 e. The van der Waals surface area contributed by atoms with Gasteiger partial charge in [-0.1, -0.05) is 6.07 Å². The van der Waals surface area contributed by atoms with Crippen LogP contribution >= 0.6 is 0 Å². The lowest BCUT2D eigenvalue weighted by Crippen LogP contribution is -2.27. The molecule has 1 aromatic heterocycles. The molecule has 0 radical (unpaired) electrons. The van der Waals surface area contributed by atoms with Crippen LogP contribution in [0.15, 0.2) is 23.0 Å². The quantitative estimate of drug-likeness (QED) is 0.910. The number of hydrogen-bond donors (Lipinski definition) is 1. The minimum atomic E-state index is -0.333. The van der Waals surface area contributed by atoms with Gasteiger partial charge in [0.25, 0.3) is 0 Å². The molecule has 0 unspecified atom stereocenters. The van der Waals surface area contributed by atoms with Crippen molar-refractivity contribution in [2.75, 3.05) is 0 Å². The summed E-state index contributed by atoms with van der Waals surface area (Å²) in [7, 11) is 0. The van der Waals surface area contributed by atoms with E-state index in [2.05, 4.69) is 5.10 Å². The van der Waals surface area contributed by atoms with Crippen molar-refractivity contribution in [3.05, 3.63) is 51.5 Å². The molecule has 0 saturated heterocycles. The number of fused-ring (bicyclic) bond motifs is 1. The van der Waals surface area contributed by atoms with Gasteiger partial charge in [-0.3, -0.25) is 4.57 Å². The highest BCUT2D eigenvalue weighted by Gasteiger charge is 2.17. The average Bonchev–Trinajstić information content (AvgIpc) is 2.78. The molecule has 0 atom stereocenters. The lowest BCUT2D eigenvalue weighted by molar-refractivity contribution is 0.511. The molecule has 5 nitrogen and oxygen atoms in total. The first-order valence-electron chi connectivity index (χ1n) is 6.83. The summed E-state index contributed by atoms with van der Waals surface area (Å²) in [6, 6.07) is 4.73. The molecule has 1 aromatic carbocycles. The maximum absolute atomic E-state index is 13.8. The van der Waals surface area contributed by atoms with Gasteiger partial charge in [-0.2, -0.15) is 5.10 Å². The van der Waals surface area contributed by atoms with Crippen molar-refractivity contribution in [1.29, 1.82) is 0 Å². The van der Waals surface area contributed by atoms with Crippen molar-refractivity contribution in [1.82, 2.24) is 14.3 Å². The van der Waals surface area contributed by atoms with E-state index < -0.39 is 0 Å². The van der Waals surface area contributed by atoms with Crippen LogP contribution in [0, 0.1) is 5.82 Å².